The fourth-order valence-electron chi connectivity index (χ4n) is 5.60. The van der Waals surface area contributed by atoms with E-state index in [2.05, 4.69) is 91.3 Å². The van der Waals surface area contributed by atoms with E-state index in [9.17, 15) is 24.2 Å². The van der Waals surface area contributed by atoms with Crippen molar-refractivity contribution < 1.29 is 47.8 Å². The van der Waals surface area contributed by atoms with E-state index < -0.39 is 51.8 Å². The monoisotopic (exact) mass is 849 g/mol. The standard InChI is InChI=1S/C48H81O10P/c1-3-5-7-9-11-13-15-17-19-21-22-24-26-28-30-32-34-36-38-40-48(52)58-46(44-57-59(53,54)56-42-45(50)41-49)43-55-47(51)39-37-35-33-31-29-27-25-23-20-18-16-14-12-10-8-6-4-2/h5,7,11,13,17-20,22,24,28,30,34,36,45-46,49-50H,3-4,6,8-10,12,14-16,21,23,25-27,29,31-33,35,37-44H2,1-2H3,(H,53,54)/b7-5-,13-11-,19-17-,20-18-,24-22-,30-28-,36-34-. The molecule has 338 valence electrons. The first kappa shape index (κ1) is 56.1. The SMILES string of the molecule is CC/C=C\C/C=C\C/C=C\C/C=C\C/C=C\C/C=C\CCC(=O)OC(COC(=O)CCCCCCCCC/C=C\CCCCCCCC)COP(=O)(O)OCC(O)CO. The van der Waals surface area contributed by atoms with Gasteiger partial charge in [0, 0.05) is 12.8 Å². The average Bonchev–Trinajstić information content (AvgIpc) is 3.22. The van der Waals surface area contributed by atoms with Crippen molar-refractivity contribution in [3.8, 4) is 0 Å². The van der Waals surface area contributed by atoms with Crippen LogP contribution in [0.1, 0.15) is 168 Å². The van der Waals surface area contributed by atoms with E-state index >= 15 is 0 Å². The highest BCUT2D eigenvalue weighted by Gasteiger charge is 2.27. The summed E-state index contributed by atoms with van der Waals surface area (Å²) in [5.74, 6) is -1.03. The van der Waals surface area contributed by atoms with Gasteiger partial charge in [0.1, 0.15) is 12.7 Å². The van der Waals surface area contributed by atoms with E-state index in [-0.39, 0.29) is 19.4 Å². The first-order valence-electron chi connectivity index (χ1n) is 22.5. The summed E-state index contributed by atoms with van der Waals surface area (Å²) >= 11 is 0. The molecule has 0 aromatic heterocycles. The Labute approximate surface area is 358 Å². The number of hydrogen-bond acceptors (Lipinski definition) is 9. The lowest BCUT2D eigenvalue weighted by Gasteiger charge is -2.20. The molecule has 0 radical (unpaired) electrons. The Morgan fingerprint density at radius 1 is 0.525 bits per heavy atom. The number of aliphatic hydroxyl groups excluding tert-OH is 2. The number of carbonyl (C=O) groups is 2. The Kier molecular flexibility index (Phi) is 41.2. The zero-order chi connectivity index (χ0) is 43.3. The van der Waals surface area contributed by atoms with Gasteiger partial charge in [-0.2, -0.15) is 0 Å². The molecule has 0 aromatic rings. The molecule has 3 atom stereocenters. The predicted octanol–water partition coefficient (Wildman–Crippen LogP) is 12.2. The number of unbranched alkanes of at least 4 members (excludes halogenated alkanes) is 13. The Bertz CT molecular complexity index is 1250. The number of ether oxygens (including phenoxy) is 2. The summed E-state index contributed by atoms with van der Waals surface area (Å²) in [4.78, 5) is 35.0. The first-order chi connectivity index (χ1) is 28.7. The zero-order valence-corrected chi connectivity index (χ0v) is 37.6. The Balaban J connectivity index is 4.42. The third kappa shape index (κ3) is 43.1. The summed E-state index contributed by atoms with van der Waals surface area (Å²) in [5.41, 5.74) is 0. The van der Waals surface area contributed by atoms with Crippen molar-refractivity contribution in [2.45, 2.75) is 180 Å². The number of esters is 2. The highest BCUT2D eigenvalue weighted by Crippen LogP contribution is 2.43. The van der Waals surface area contributed by atoms with Crippen LogP contribution in [0.25, 0.3) is 0 Å². The molecule has 59 heavy (non-hydrogen) atoms. The highest BCUT2D eigenvalue weighted by atomic mass is 31.2. The van der Waals surface area contributed by atoms with Crippen LogP contribution >= 0.6 is 7.82 Å². The van der Waals surface area contributed by atoms with Crippen molar-refractivity contribution in [2.75, 3.05) is 26.4 Å². The zero-order valence-electron chi connectivity index (χ0n) is 36.7. The molecule has 3 N–H and O–H groups in total. The second-order valence-electron chi connectivity index (χ2n) is 14.7. The largest absolute Gasteiger partial charge is 0.472 e. The van der Waals surface area contributed by atoms with E-state index in [1.54, 1.807) is 0 Å². The van der Waals surface area contributed by atoms with Crippen LogP contribution in [0.5, 0.6) is 0 Å². The molecule has 0 bridgehead atoms. The Morgan fingerprint density at radius 3 is 1.47 bits per heavy atom. The number of rotatable bonds is 41. The highest BCUT2D eigenvalue weighted by molar-refractivity contribution is 7.47. The molecule has 0 aliphatic heterocycles. The van der Waals surface area contributed by atoms with Crippen LogP contribution in [0.2, 0.25) is 0 Å². The molecular formula is C48H81O10P. The van der Waals surface area contributed by atoms with Crippen molar-refractivity contribution >= 4 is 19.8 Å². The fraction of sp³-hybridized carbons (Fsp3) is 0.667. The smallest absolute Gasteiger partial charge is 0.462 e. The first-order valence-corrected chi connectivity index (χ1v) is 24.0. The molecule has 0 aromatic carbocycles. The van der Waals surface area contributed by atoms with E-state index in [0.29, 0.717) is 12.8 Å². The van der Waals surface area contributed by atoms with Gasteiger partial charge in [-0.15, -0.1) is 0 Å². The third-order valence-electron chi connectivity index (χ3n) is 9.05. The molecule has 0 rings (SSSR count). The summed E-state index contributed by atoms with van der Waals surface area (Å²) in [6, 6.07) is 0. The van der Waals surface area contributed by atoms with E-state index in [4.69, 9.17) is 19.1 Å². The molecule has 11 heteroatoms. The summed E-state index contributed by atoms with van der Waals surface area (Å²) in [5, 5.41) is 18.3. The van der Waals surface area contributed by atoms with Gasteiger partial charge >= 0.3 is 19.8 Å². The number of allylic oxidation sites excluding steroid dienone is 14. The van der Waals surface area contributed by atoms with Crippen molar-refractivity contribution in [1.29, 1.82) is 0 Å². The van der Waals surface area contributed by atoms with Gasteiger partial charge < -0.3 is 24.6 Å². The molecule has 0 aliphatic rings. The van der Waals surface area contributed by atoms with Crippen LogP contribution < -0.4 is 0 Å². The molecule has 0 saturated heterocycles. The van der Waals surface area contributed by atoms with Gasteiger partial charge in [-0.05, 0) is 77.0 Å². The fourth-order valence-corrected chi connectivity index (χ4v) is 6.39. The maximum Gasteiger partial charge on any atom is 0.472 e. The summed E-state index contributed by atoms with van der Waals surface area (Å²) in [7, 11) is -4.65. The number of hydrogen-bond donors (Lipinski definition) is 3. The van der Waals surface area contributed by atoms with Crippen LogP contribution in [0.3, 0.4) is 0 Å². The van der Waals surface area contributed by atoms with Gasteiger partial charge in [-0.25, -0.2) is 4.57 Å². The van der Waals surface area contributed by atoms with E-state index in [1.807, 2.05) is 12.2 Å². The van der Waals surface area contributed by atoms with Gasteiger partial charge in [0.2, 0.25) is 0 Å². The number of phosphoric acid groups is 1. The molecule has 0 amide bonds. The molecule has 0 heterocycles. The minimum atomic E-state index is -4.65. The molecule has 0 aliphatic carbocycles. The number of carbonyl (C=O) groups excluding carboxylic acids is 2. The Morgan fingerprint density at radius 2 is 0.966 bits per heavy atom. The van der Waals surface area contributed by atoms with Crippen molar-refractivity contribution in [3.05, 3.63) is 85.1 Å². The van der Waals surface area contributed by atoms with Crippen LogP contribution in [0, 0.1) is 0 Å². The van der Waals surface area contributed by atoms with Gasteiger partial charge in [-0.1, -0.05) is 163 Å². The normalized spacial score (nSPS) is 14.6. The molecule has 10 nitrogen and oxygen atoms in total. The Hall–Kier alpha value is -2.85. The molecule has 0 saturated carbocycles. The van der Waals surface area contributed by atoms with Crippen LogP contribution in [-0.4, -0.2) is 65.7 Å². The van der Waals surface area contributed by atoms with Crippen molar-refractivity contribution in [3.63, 3.8) is 0 Å². The predicted molar refractivity (Wildman–Crippen MR) is 242 cm³/mol. The van der Waals surface area contributed by atoms with Crippen molar-refractivity contribution in [1.82, 2.24) is 0 Å². The lowest BCUT2D eigenvalue weighted by molar-refractivity contribution is -0.161. The van der Waals surface area contributed by atoms with Gasteiger partial charge in [0.05, 0.1) is 19.8 Å². The van der Waals surface area contributed by atoms with Crippen LogP contribution in [0.4, 0.5) is 0 Å². The second-order valence-corrected chi connectivity index (χ2v) is 16.1. The van der Waals surface area contributed by atoms with Crippen LogP contribution in [0.15, 0.2) is 85.1 Å². The summed E-state index contributed by atoms with van der Waals surface area (Å²) in [6.45, 7) is 2.16. The minimum absolute atomic E-state index is 0.0541. The van der Waals surface area contributed by atoms with E-state index in [0.717, 1.165) is 64.2 Å². The number of phosphoric ester groups is 1. The summed E-state index contributed by atoms with van der Waals surface area (Å²) in [6.07, 6.45) is 51.3. The van der Waals surface area contributed by atoms with Crippen molar-refractivity contribution in [2.24, 2.45) is 0 Å². The molecule has 0 spiro atoms. The molecule has 0 fully saturated rings. The third-order valence-corrected chi connectivity index (χ3v) is 10.00. The van der Waals surface area contributed by atoms with Gasteiger partial charge in [0.15, 0.2) is 6.10 Å². The molecular weight excluding hydrogens is 767 g/mol. The second kappa shape index (κ2) is 43.2. The maximum absolute atomic E-state index is 12.6. The summed E-state index contributed by atoms with van der Waals surface area (Å²) < 4.78 is 32.7. The lowest BCUT2D eigenvalue weighted by atomic mass is 10.1. The topological polar surface area (TPSA) is 149 Å². The van der Waals surface area contributed by atoms with E-state index in [1.165, 1.54) is 64.2 Å². The lowest BCUT2D eigenvalue weighted by Crippen LogP contribution is -2.29. The minimum Gasteiger partial charge on any atom is -0.462 e. The number of aliphatic hydroxyl groups is 2. The molecule has 3 unspecified atom stereocenters. The average molecular weight is 849 g/mol. The quantitative estimate of drug-likeness (QED) is 0.0235. The maximum atomic E-state index is 12.6. The van der Waals surface area contributed by atoms with Gasteiger partial charge in [-0.3, -0.25) is 18.6 Å². The van der Waals surface area contributed by atoms with Gasteiger partial charge in [0.25, 0.3) is 0 Å². The van der Waals surface area contributed by atoms with Crippen LogP contribution in [-0.2, 0) is 32.7 Å².